The maximum absolute atomic E-state index is 9.64. The Labute approximate surface area is 399 Å². The number of urea groups is 1. The number of rotatable bonds is 0. The average Bonchev–Trinajstić information content (AvgIpc) is 2.17. The van der Waals surface area contributed by atoms with Gasteiger partial charge in [-0.2, -0.15) is 0 Å². The Morgan fingerprint density at radius 2 is 0.857 bits per heavy atom. The fourth-order valence-electron chi connectivity index (χ4n) is 0.113. The Kier molecular flexibility index (Phi) is 284. The summed E-state index contributed by atoms with van der Waals surface area (Å²) in [7, 11) is 0. The predicted octanol–water partition coefficient (Wildman–Crippen LogP) is -6.75. The Morgan fingerprint density at radius 3 is 0.857 bits per heavy atom. The van der Waals surface area contributed by atoms with Gasteiger partial charge in [0, 0.05) is 110 Å². The van der Waals surface area contributed by atoms with E-state index in [9.17, 15) is 9.59 Å². The summed E-state index contributed by atoms with van der Waals surface area (Å²) >= 11 is 0. The van der Waals surface area contributed by atoms with Crippen molar-refractivity contribution in [3.8, 4) is 0 Å². The zero-order chi connectivity index (χ0) is 17.6. The van der Waals surface area contributed by atoms with Gasteiger partial charge in [0.1, 0.15) is 0 Å². The molecule has 0 spiro atoms. The molecule has 0 aromatic rings. The second kappa shape index (κ2) is 94.4. The van der Waals surface area contributed by atoms with Crippen LogP contribution < -0.4 is 175 Å². The van der Waals surface area contributed by atoms with Crippen LogP contribution in [0.4, 0.5) is 4.79 Å². The summed E-state index contributed by atoms with van der Waals surface area (Å²) in [5.41, 5.74) is 11.9. The standard InChI is InChI=1S/C3H5N2O2.C2H4NO.3CNO.2CH4.Ra.3Rb.2Y/c1-2(6)5-3(4)7;1-2(3)4;3*2-1-3;;;;;;;;/h1H2,(H3,4,5,6,7);1H2,(H2,3,4);;;;2*1H4;;;;;;/q5*-1;;;;3*+1;;/p-3. The van der Waals surface area contributed by atoms with Gasteiger partial charge in [-0.05, 0) is 24.3 Å². The molecule has 18 heteroatoms. The molecule has 28 heavy (non-hydrogen) atoms. The second-order valence-electron chi connectivity index (χ2n) is 1.51. The number of nitrogens with zero attached hydrogens (tertiary/aromatic N) is 4. The number of hydrogen-bond donors (Lipinski definition) is 0. The fraction of sp³-hybridized carbons (Fsp3) is 0.200. The first-order valence-electron chi connectivity index (χ1n) is 3.55. The number of carbonyl (C=O) groups excluding carboxylic acids is 6. The third-order valence-electron chi connectivity index (χ3n) is 0.226. The molecule has 2 N–H and O–H groups in total. The number of isocyanates is 3. The molecule has 0 aromatic heterocycles. The van der Waals surface area contributed by atoms with Crippen LogP contribution in [0.1, 0.15) is 14.9 Å². The van der Waals surface area contributed by atoms with Crippen LogP contribution in [0.3, 0.4) is 0 Å². The van der Waals surface area contributed by atoms with Crippen molar-refractivity contribution in [2.45, 2.75) is 14.9 Å². The van der Waals surface area contributed by atoms with Crippen molar-refractivity contribution in [2.75, 3.05) is 0 Å². The molecule has 0 heterocycles. The van der Waals surface area contributed by atoms with Gasteiger partial charge in [-0.25, -0.2) is 0 Å². The van der Waals surface area contributed by atoms with E-state index in [4.69, 9.17) is 46.9 Å². The van der Waals surface area contributed by atoms with Gasteiger partial charge in [0.2, 0.25) is 0 Å². The summed E-state index contributed by atoms with van der Waals surface area (Å²) in [6.45, 7) is 5.40. The van der Waals surface area contributed by atoms with Crippen molar-refractivity contribution in [3.05, 3.63) is 46.9 Å². The molecule has 136 valence electrons. The summed E-state index contributed by atoms with van der Waals surface area (Å²) in [6, 6.07) is -1.25. The topological polar surface area (TPSA) is 231 Å². The van der Waals surface area contributed by atoms with E-state index in [1.165, 1.54) is 0 Å². The molecule has 0 rings (SSSR count). The first-order valence-corrected chi connectivity index (χ1v) is 3.55. The molecular weight excluding hydrogens is 960 g/mol. The molecule has 4 amide bonds. The van der Waals surface area contributed by atoms with Crippen LogP contribution in [0.2, 0.25) is 0 Å². The number of amides is 4. The first-order chi connectivity index (χ1) is 9.10. The average molecular weight is 974 g/mol. The molecule has 0 fully saturated rings. The van der Waals surface area contributed by atoms with Crippen molar-refractivity contribution in [1.29, 1.82) is 0 Å². The molecule has 0 aliphatic carbocycles. The quantitative estimate of drug-likeness (QED) is 0.130. The van der Waals surface area contributed by atoms with E-state index in [2.05, 4.69) is 19.2 Å². The van der Waals surface area contributed by atoms with Crippen LogP contribution in [0.15, 0.2) is 0 Å². The Bertz CT molecular complexity index is 363. The van der Waals surface area contributed by atoms with Crippen LogP contribution >= 0.6 is 0 Å². The van der Waals surface area contributed by atoms with E-state index in [0.29, 0.717) is 18.2 Å². The van der Waals surface area contributed by atoms with Crippen molar-refractivity contribution in [2.24, 2.45) is 0 Å². The van der Waals surface area contributed by atoms with Crippen molar-refractivity contribution in [3.63, 3.8) is 0 Å². The van der Waals surface area contributed by atoms with Gasteiger partial charge in [0.25, 0.3) is 0 Å². The van der Waals surface area contributed by atoms with Crippen LogP contribution in [0.25, 0.3) is 33.0 Å². The summed E-state index contributed by atoms with van der Waals surface area (Å²) < 4.78 is 0. The van der Waals surface area contributed by atoms with Crippen LogP contribution in [0, 0.1) is 58.9 Å². The van der Waals surface area contributed by atoms with E-state index in [-0.39, 0.29) is 300 Å². The smallest absolute Gasteiger partial charge is 0.724 e. The molecular formula is C10H14N6O6RaRb3Y2-5. The van der Waals surface area contributed by atoms with E-state index < -0.39 is 17.8 Å². The number of nitrogens with one attached hydrogen (secondary N) is 2. The molecule has 0 aliphatic heterocycles. The van der Waals surface area contributed by atoms with Gasteiger partial charge in [0.05, 0.1) is 0 Å². The van der Waals surface area contributed by atoms with E-state index >= 15 is 0 Å². The zero-order valence-electron chi connectivity index (χ0n) is 14.5. The summed E-state index contributed by atoms with van der Waals surface area (Å²) in [5, 5.41) is 22.8. The summed E-state index contributed by atoms with van der Waals surface area (Å²) in [6.07, 6.45) is 1.50. The van der Waals surface area contributed by atoms with Crippen LogP contribution in [-0.4, -0.2) is 36.1 Å². The minimum Gasteiger partial charge on any atom is -0.724 e. The Hall–Kier alpha value is 5.38. The minimum absolute atomic E-state index is 0. The molecule has 0 aliphatic rings. The maximum atomic E-state index is 9.64. The van der Waals surface area contributed by atoms with Crippen molar-refractivity contribution >= 4 is 36.1 Å². The SMILES string of the molecule is C.C.[CH2-]C(=O)[N-]C([NH-])=O.[CH2-]C([NH-])=O.[N-]=C=O.[N-]=C=O.[N-]=C=O.[Ra].[Rb+].[Rb+].[Rb+].[Y].[Y]. The molecule has 12 nitrogen and oxygen atoms in total. The number of carbonyl (C=O) groups is 3. The summed E-state index contributed by atoms with van der Waals surface area (Å²) in [4.78, 5) is 52.8. The van der Waals surface area contributed by atoms with Crippen molar-refractivity contribution < 1.29 is 314 Å². The molecule has 4 radical (unpaired) electrons. The van der Waals surface area contributed by atoms with E-state index in [1.807, 2.05) is 0 Å². The molecule has 0 aromatic carbocycles. The number of imide groups is 1. The monoisotopic (exact) mass is 973 g/mol. The fourth-order valence-corrected chi connectivity index (χ4v) is 0.113. The van der Waals surface area contributed by atoms with Gasteiger partial charge in [-0.1, -0.05) is 26.7 Å². The van der Waals surface area contributed by atoms with Gasteiger partial charge < -0.3 is 61.2 Å². The predicted molar refractivity (Wildman–Crippen MR) is 78.7 cm³/mol. The van der Waals surface area contributed by atoms with Gasteiger partial charge in [0.15, 0.2) is 0 Å². The van der Waals surface area contributed by atoms with Crippen LogP contribution in [-0.2, 0) is 89.4 Å². The van der Waals surface area contributed by atoms with Crippen molar-refractivity contribution in [1.82, 2.24) is 0 Å². The minimum atomic E-state index is -1.25. The third kappa shape index (κ3) is 329. The zero-order valence-corrected chi connectivity index (χ0v) is 40.8. The van der Waals surface area contributed by atoms with Gasteiger partial charge in [-0.3, -0.25) is 14.4 Å². The molecule has 0 saturated heterocycles. The molecule has 0 atom stereocenters. The van der Waals surface area contributed by atoms with E-state index in [1.54, 1.807) is 0 Å². The maximum Gasteiger partial charge on any atom is 1.00 e. The van der Waals surface area contributed by atoms with Gasteiger partial charge in [-0.15, -0.1) is 0 Å². The molecule has 0 saturated carbocycles. The van der Waals surface area contributed by atoms with E-state index in [0.717, 1.165) is 0 Å². The Balaban J connectivity index is -0.00000000887. The number of hydrogen-bond acceptors (Lipinski definition) is 6. The third-order valence-corrected chi connectivity index (χ3v) is 0.226. The molecule has 0 unspecified atom stereocenters. The second-order valence-corrected chi connectivity index (χ2v) is 1.51. The first kappa shape index (κ1) is 84.3. The molecule has 0 bridgehead atoms. The summed E-state index contributed by atoms with van der Waals surface area (Å²) in [5.74, 6) is -1.71. The van der Waals surface area contributed by atoms with Crippen LogP contribution in [0.5, 0.6) is 0 Å². The van der Waals surface area contributed by atoms with Gasteiger partial charge >= 0.3 is 175 Å². The Morgan fingerprint density at radius 1 is 0.750 bits per heavy atom. The largest absolute Gasteiger partial charge is 1.00 e. The normalized spacial score (nSPS) is 3.57.